The van der Waals surface area contributed by atoms with Crippen molar-refractivity contribution in [1.82, 2.24) is 4.98 Å². The number of fused-ring (bicyclic) bond motifs is 1. The van der Waals surface area contributed by atoms with Crippen molar-refractivity contribution in [3.8, 4) is 0 Å². The number of pyridine rings is 1. The maximum absolute atomic E-state index is 11.2. The summed E-state index contributed by atoms with van der Waals surface area (Å²) in [6.07, 6.45) is -1.43. The number of nitrogens with zero attached hydrogens (tertiary/aromatic N) is 1. The maximum atomic E-state index is 11.2. The molecule has 2 rings (SSSR count). The van der Waals surface area contributed by atoms with Crippen LogP contribution in [-0.4, -0.2) is 16.1 Å². The molecule has 0 aliphatic carbocycles. The van der Waals surface area contributed by atoms with Crippen molar-refractivity contribution in [3.63, 3.8) is 0 Å². The van der Waals surface area contributed by atoms with Crippen molar-refractivity contribution in [2.75, 3.05) is 0 Å². The molecule has 0 saturated carbocycles. The molecule has 1 N–H and O–H groups in total. The Balaban J connectivity index is 2.79. The zero-order chi connectivity index (χ0) is 10.5. The van der Waals surface area contributed by atoms with E-state index in [2.05, 4.69) is 9.72 Å². The molecule has 1 aliphatic heterocycles. The lowest BCUT2D eigenvalue weighted by Crippen LogP contribution is -1.97. The van der Waals surface area contributed by atoms with E-state index in [1.165, 1.54) is 0 Å². The summed E-state index contributed by atoms with van der Waals surface area (Å²) in [4.78, 5) is 14.8. The molecule has 1 unspecified atom stereocenters. The molecule has 0 aromatic carbocycles. The van der Waals surface area contributed by atoms with Crippen molar-refractivity contribution in [1.29, 1.82) is 0 Å². The third-order valence-corrected chi connectivity index (χ3v) is 2.79. The Kier molecular flexibility index (Phi) is 2.31. The molecule has 2 heterocycles. The fourth-order valence-electron chi connectivity index (χ4n) is 1.17. The van der Waals surface area contributed by atoms with Crippen LogP contribution in [0.2, 0.25) is 15.3 Å². The van der Waals surface area contributed by atoms with E-state index in [0.29, 0.717) is 0 Å². The van der Waals surface area contributed by atoms with Gasteiger partial charge in [-0.15, -0.1) is 0 Å². The molecule has 14 heavy (non-hydrogen) atoms. The molecule has 0 radical (unpaired) electrons. The minimum Gasteiger partial charge on any atom is -0.428 e. The van der Waals surface area contributed by atoms with Gasteiger partial charge >= 0.3 is 5.97 Å². The minimum atomic E-state index is -1.43. The van der Waals surface area contributed by atoms with E-state index in [9.17, 15) is 9.90 Å². The first-order chi connectivity index (χ1) is 6.52. The number of rotatable bonds is 0. The molecule has 0 amide bonds. The number of aliphatic hydroxyl groups is 1. The molecule has 4 nitrogen and oxygen atoms in total. The normalized spacial score (nSPS) is 19.4. The number of halogens is 3. The van der Waals surface area contributed by atoms with E-state index in [-0.39, 0.29) is 26.5 Å². The van der Waals surface area contributed by atoms with Gasteiger partial charge in [-0.1, -0.05) is 34.8 Å². The van der Waals surface area contributed by atoms with Gasteiger partial charge in [0, 0.05) is 0 Å². The molecule has 1 atom stereocenters. The molecule has 1 aliphatic rings. The summed E-state index contributed by atoms with van der Waals surface area (Å²) in [6, 6.07) is 0. The van der Waals surface area contributed by atoms with E-state index >= 15 is 0 Å². The molecular weight excluding hydrogens is 252 g/mol. The van der Waals surface area contributed by atoms with Gasteiger partial charge < -0.3 is 9.84 Å². The van der Waals surface area contributed by atoms with Crippen LogP contribution in [0.15, 0.2) is 0 Å². The summed E-state index contributed by atoms with van der Waals surface area (Å²) >= 11 is 17.0. The predicted octanol–water partition coefficient (Wildman–Crippen LogP) is 2.20. The number of aromatic nitrogens is 1. The number of hydrogen-bond donors (Lipinski definition) is 1. The quantitative estimate of drug-likeness (QED) is 0.569. The van der Waals surface area contributed by atoms with Crippen LogP contribution in [-0.2, 0) is 4.74 Å². The van der Waals surface area contributed by atoms with Gasteiger partial charge in [0.05, 0.1) is 10.6 Å². The molecule has 74 valence electrons. The number of esters is 1. The van der Waals surface area contributed by atoms with Gasteiger partial charge in [0.2, 0.25) is 6.29 Å². The van der Waals surface area contributed by atoms with Gasteiger partial charge in [-0.05, 0) is 0 Å². The average Bonchev–Trinajstić information content (AvgIpc) is 2.38. The lowest BCUT2D eigenvalue weighted by atomic mass is 10.2. The first-order valence-electron chi connectivity index (χ1n) is 3.45. The number of ether oxygens (including phenoxy) is 1. The van der Waals surface area contributed by atoms with E-state index < -0.39 is 12.3 Å². The van der Waals surface area contributed by atoms with Crippen LogP contribution >= 0.6 is 34.8 Å². The Labute approximate surface area is 93.4 Å². The van der Waals surface area contributed by atoms with Crippen LogP contribution in [0.1, 0.15) is 22.2 Å². The van der Waals surface area contributed by atoms with E-state index in [1.807, 2.05) is 0 Å². The first kappa shape index (κ1) is 9.98. The summed E-state index contributed by atoms with van der Waals surface area (Å²) in [5, 5.41) is 9.08. The van der Waals surface area contributed by atoms with Crippen LogP contribution in [0.4, 0.5) is 0 Å². The largest absolute Gasteiger partial charge is 0.428 e. The highest BCUT2D eigenvalue weighted by Crippen LogP contribution is 2.40. The highest BCUT2D eigenvalue weighted by molar-refractivity contribution is 6.43. The van der Waals surface area contributed by atoms with Crippen LogP contribution in [0, 0.1) is 0 Å². The molecule has 0 spiro atoms. The summed E-state index contributed by atoms with van der Waals surface area (Å²) < 4.78 is 4.50. The maximum Gasteiger partial charge on any atom is 0.344 e. The number of aliphatic hydroxyl groups excluding tert-OH is 1. The fraction of sp³-hybridized carbons (Fsp3) is 0.143. The van der Waals surface area contributed by atoms with Crippen LogP contribution in [0.25, 0.3) is 0 Å². The summed E-state index contributed by atoms with van der Waals surface area (Å²) in [5.41, 5.74) is 0.0373. The number of carbonyl (C=O) groups is 1. The lowest BCUT2D eigenvalue weighted by molar-refractivity contribution is -0.0547. The van der Waals surface area contributed by atoms with Crippen LogP contribution in [0.5, 0.6) is 0 Å². The second-order valence-corrected chi connectivity index (χ2v) is 3.65. The van der Waals surface area contributed by atoms with Crippen molar-refractivity contribution >= 4 is 40.8 Å². The number of cyclic esters (lactones) is 1. The minimum absolute atomic E-state index is 0.0237. The second kappa shape index (κ2) is 3.24. The van der Waals surface area contributed by atoms with Crippen LogP contribution in [0.3, 0.4) is 0 Å². The zero-order valence-electron chi connectivity index (χ0n) is 6.42. The summed E-state index contributed by atoms with van der Waals surface area (Å²) in [5.74, 6) is -0.761. The molecule has 0 saturated heterocycles. The third-order valence-electron chi connectivity index (χ3n) is 1.76. The third kappa shape index (κ3) is 1.26. The van der Waals surface area contributed by atoms with Gasteiger partial charge in [0.1, 0.15) is 15.9 Å². The first-order valence-corrected chi connectivity index (χ1v) is 4.59. The van der Waals surface area contributed by atoms with Crippen molar-refractivity contribution < 1.29 is 14.6 Å². The molecule has 0 bridgehead atoms. The van der Waals surface area contributed by atoms with Crippen molar-refractivity contribution in [2.24, 2.45) is 0 Å². The monoisotopic (exact) mass is 253 g/mol. The van der Waals surface area contributed by atoms with E-state index in [0.717, 1.165) is 0 Å². The fourth-order valence-corrected chi connectivity index (χ4v) is 1.89. The van der Waals surface area contributed by atoms with Gasteiger partial charge in [-0.3, -0.25) is 0 Å². The Morgan fingerprint density at radius 3 is 2.57 bits per heavy atom. The molecule has 7 heteroatoms. The van der Waals surface area contributed by atoms with Gasteiger partial charge in [0.25, 0.3) is 0 Å². The Bertz CT molecular complexity index is 435. The van der Waals surface area contributed by atoms with E-state index in [4.69, 9.17) is 34.8 Å². The predicted molar refractivity (Wildman–Crippen MR) is 49.6 cm³/mol. The standard InChI is InChI=1S/C7H2Cl3NO3/c8-3-1-2(4(9)11-5(3)10)7(13)14-6(1)12/h6,12H. The summed E-state index contributed by atoms with van der Waals surface area (Å²) in [7, 11) is 0. The molecule has 0 fully saturated rings. The van der Waals surface area contributed by atoms with E-state index in [1.54, 1.807) is 0 Å². The molecule has 1 aromatic heterocycles. The Hall–Kier alpha value is -0.550. The topological polar surface area (TPSA) is 59.4 Å². The SMILES string of the molecule is O=C1OC(O)c2c(Cl)c(Cl)nc(Cl)c21. The van der Waals surface area contributed by atoms with Gasteiger partial charge in [0.15, 0.2) is 0 Å². The van der Waals surface area contributed by atoms with Crippen molar-refractivity contribution in [2.45, 2.75) is 6.29 Å². The Morgan fingerprint density at radius 1 is 1.29 bits per heavy atom. The molecule has 1 aromatic rings. The lowest BCUT2D eigenvalue weighted by Gasteiger charge is -2.04. The second-order valence-electron chi connectivity index (χ2n) is 2.55. The smallest absolute Gasteiger partial charge is 0.344 e. The highest BCUT2D eigenvalue weighted by atomic mass is 35.5. The van der Waals surface area contributed by atoms with Crippen LogP contribution < -0.4 is 0 Å². The highest BCUT2D eigenvalue weighted by Gasteiger charge is 2.36. The Morgan fingerprint density at radius 2 is 1.93 bits per heavy atom. The number of hydrogen-bond acceptors (Lipinski definition) is 4. The summed E-state index contributed by atoms with van der Waals surface area (Å²) in [6.45, 7) is 0. The van der Waals surface area contributed by atoms with Gasteiger partial charge in [-0.2, -0.15) is 0 Å². The average molecular weight is 254 g/mol. The van der Waals surface area contributed by atoms with Gasteiger partial charge in [-0.25, -0.2) is 9.78 Å². The number of carbonyl (C=O) groups excluding carboxylic acids is 1. The van der Waals surface area contributed by atoms with Crippen molar-refractivity contribution in [3.05, 3.63) is 26.5 Å². The molecular formula is C7H2Cl3NO3. The zero-order valence-corrected chi connectivity index (χ0v) is 8.69.